The summed E-state index contributed by atoms with van der Waals surface area (Å²) in [4.78, 5) is 63.2. The quantitative estimate of drug-likeness (QED) is 0.0827. The van der Waals surface area contributed by atoms with Crippen LogP contribution in [0.3, 0.4) is 0 Å². The van der Waals surface area contributed by atoms with Gasteiger partial charge in [-0.3, -0.25) is 41.6 Å². The predicted octanol–water partition coefficient (Wildman–Crippen LogP) is -0.124. The van der Waals surface area contributed by atoms with Gasteiger partial charge in [0.25, 0.3) is 0 Å². The Balaban J connectivity index is 3.63. The summed E-state index contributed by atoms with van der Waals surface area (Å²) in [5, 5.41) is 37.6. The van der Waals surface area contributed by atoms with Gasteiger partial charge in [0.15, 0.2) is 5.79 Å². The molecule has 0 saturated carbocycles. The number of carboxylic acids is 3. The molecule has 0 amide bonds. The Labute approximate surface area is 216 Å². The summed E-state index contributed by atoms with van der Waals surface area (Å²) >= 11 is 0. The van der Waals surface area contributed by atoms with Crippen molar-refractivity contribution >= 4 is 40.7 Å². The number of ether oxygens (including phenoxy) is 2. The third-order valence-corrected chi connectivity index (χ3v) is 8.40. The molecule has 38 heavy (non-hydrogen) atoms. The van der Waals surface area contributed by atoms with Crippen molar-refractivity contribution in [2.24, 2.45) is 0 Å². The lowest BCUT2D eigenvalue weighted by atomic mass is 9.93. The van der Waals surface area contributed by atoms with Crippen LogP contribution in [0, 0.1) is 0 Å². The Morgan fingerprint density at radius 3 is 1.66 bits per heavy atom. The highest BCUT2D eigenvalue weighted by atomic mass is 31.2. The van der Waals surface area contributed by atoms with E-state index in [-0.39, 0.29) is 6.61 Å². The standard InChI is InChI=1S/C17H31O18P3/c1-3-4-5-31-6-10-14(33-36(25,26)7-11(18)19)15(34-37(27,28)8-12(20)21)16(17(2,24)32-10)35-38(29,30)9-13(22)23/h10,14-16,24H,3-9H2,1-2H3,(H,18,19)(H,20,21)(H,22,23)(H,25,26)(H,27,28)(H,29,30)/t10-,14+,15+,16-,17+/m1/s1. The van der Waals surface area contributed by atoms with Crippen molar-refractivity contribution in [3.63, 3.8) is 0 Å². The Bertz CT molecular complexity index is 997. The lowest BCUT2D eigenvalue weighted by Crippen LogP contribution is -2.65. The van der Waals surface area contributed by atoms with Gasteiger partial charge in [-0.1, -0.05) is 13.3 Å². The fourth-order valence-electron chi connectivity index (χ4n) is 3.29. The van der Waals surface area contributed by atoms with Gasteiger partial charge in [0.05, 0.1) is 6.61 Å². The Kier molecular flexibility index (Phi) is 12.7. The van der Waals surface area contributed by atoms with E-state index < -0.39 is 96.0 Å². The maximum atomic E-state index is 12.5. The van der Waals surface area contributed by atoms with Crippen molar-refractivity contribution in [1.29, 1.82) is 0 Å². The molecule has 8 atom stereocenters. The smallest absolute Gasteiger partial charge is 0.339 e. The number of unbranched alkanes of at least 4 members (excludes halogenated alkanes) is 1. The van der Waals surface area contributed by atoms with Crippen LogP contribution < -0.4 is 0 Å². The van der Waals surface area contributed by atoms with Crippen LogP contribution in [0.4, 0.5) is 0 Å². The maximum Gasteiger partial charge on any atom is 0.339 e. The number of carboxylic acid groups (broad SMARTS) is 3. The molecular formula is C17H31O18P3. The molecule has 1 rings (SSSR count). The summed E-state index contributed by atoms with van der Waals surface area (Å²) in [7, 11) is -15.6. The Morgan fingerprint density at radius 2 is 1.24 bits per heavy atom. The van der Waals surface area contributed by atoms with Crippen LogP contribution in [-0.4, -0.2) is 115 Å². The molecule has 1 aliphatic rings. The fraction of sp³-hybridized carbons (Fsp3) is 0.824. The monoisotopic (exact) mass is 616 g/mol. The van der Waals surface area contributed by atoms with Gasteiger partial charge in [0.1, 0.15) is 42.9 Å². The molecule has 0 aromatic rings. The highest BCUT2D eigenvalue weighted by Crippen LogP contribution is 2.54. The molecule has 1 heterocycles. The van der Waals surface area contributed by atoms with Crippen molar-refractivity contribution in [2.45, 2.75) is 56.9 Å². The summed E-state index contributed by atoms with van der Waals surface area (Å²) in [5.41, 5.74) is 0. The average molecular weight is 616 g/mol. The number of carbonyl (C=O) groups is 3. The molecule has 18 nitrogen and oxygen atoms in total. The van der Waals surface area contributed by atoms with Crippen LogP contribution in [0.5, 0.6) is 0 Å². The minimum Gasteiger partial charge on any atom is -0.481 e. The number of aliphatic hydroxyl groups is 1. The zero-order chi connectivity index (χ0) is 29.5. The summed E-state index contributed by atoms with van der Waals surface area (Å²) in [6.45, 7) is 2.15. The molecule has 0 spiro atoms. The Morgan fingerprint density at radius 1 is 0.816 bits per heavy atom. The van der Waals surface area contributed by atoms with E-state index in [1.54, 1.807) is 0 Å². The topological polar surface area (TPSA) is 290 Å². The van der Waals surface area contributed by atoms with E-state index in [2.05, 4.69) is 0 Å². The lowest BCUT2D eigenvalue weighted by molar-refractivity contribution is -0.331. The van der Waals surface area contributed by atoms with Crippen molar-refractivity contribution < 1.29 is 86.2 Å². The van der Waals surface area contributed by atoms with E-state index in [9.17, 15) is 47.9 Å². The van der Waals surface area contributed by atoms with E-state index >= 15 is 0 Å². The van der Waals surface area contributed by atoms with Crippen LogP contribution >= 0.6 is 22.8 Å². The van der Waals surface area contributed by atoms with Crippen LogP contribution in [0.15, 0.2) is 0 Å². The van der Waals surface area contributed by atoms with E-state index in [0.29, 0.717) is 12.8 Å². The summed E-state index contributed by atoms with van der Waals surface area (Å²) in [6, 6.07) is 0. The first-order chi connectivity index (χ1) is 17.2. The molecule has 1 saturated heterocycles. The normalized spacial score (nSPS) is 30.5. The van der Waals surface area contributed by atoms with Gasteiger partial charge < -0.3 is 44.6 Å². The van der Waals surface area contributed by atoms with Crippen LogP contribution in [-0.2, 0) is 51.1 Å². The second-order valence-electron chi connectivity index (χ2n) is 8.37. The molecule has 0 aromatic carbocycles. The highest BCUT2D eigenvalue weighted by Gasteiger charge is 2.59. The second kappa shape index (κ2) is 13.9. The van der Waals surface area contributed by atoms with Crippen LogP contribution in [0.1, 0.15) is 26.7 Å². The highest BCUT2D eigenvalue weighted by molar-refractivity contribution is 7.54. The minimum atomic E-state index is -5.24. The van der Waals surface area contributed by atoms with Gasteiger partial charge in [-0.25, -0.2) is 0 Å². The molecule has 0 radical (unpaired) electrons. The number of aliphatic carboxylic acids is 3. The zero-order valence-corrected chi connectivity index (χ0v) is 22.9. The van der Waals surface area contributed by atoms with E-state index in [0.717, 1.165) is 6.92 Å². The minimum absolute atomic E-state index is 0.0878. The summed E-state index contributed by atoms with van der Waals surface area (Å²) < 4.78 is 62.9. The SMILES string of the molecule is CCCCOC[C@H]1O[C@](C)(O)[C@H](OP(=O)(O)CC(=O)O)[C@@H](OP(=O)(O)CC(=O)O)[C@H]1OP(=O)(O)CC(=O)O. The largest absolute Gasteiger partial charge is 0.481 e. The van der Waals surface area contributed by atoms with Gasteiger partial charge in [-0.2, -0.15) is 0 Å². The van der Waals surface area contributed by atoms with Gasteiger partial charge in [0, 0.05) is 6.61 Å². The third kappa shape index (κ3) is 11.9. The summed E-state index contributed by atoms with van der Waals surface area (Å²) in [5.74, 6) is -8.25. The molecule has 0 bridgehead atoms. The maximum absolute atomic E-state index is 12.5. The first-order valence-corrected chi connectivity index (χ1v) is 16.1. The molecule has 1 aliphatic heterocycles. The van der Waals surface area contributed by atoms with E-state index in [4.69, 9.17) is 38.4 Å². The van der Waals surface area contributed by atoms with Gasteiger partial charge in [-0.05, 0) is 13.3 Å². The first kappa shape index (κ1) is 34.8. The van der Waals surface area contributed by atoms with Crippen LogP contribution in [0.25, 0.3) is 0 Å². The number of hydrogen-bond donors (Lipinski definition) is 7. The fourth-order valence-corrected chi connectivity index (χ4v) is 6.45. The molecule has 222 valence electrons. The lowest BCUT2D eigenvalue weighted by Gasteiger charge is -2.49. The van der Waals surface area contributed by atoms with Crippen molar-refractivity contribution in [3.05, 3.63) is 0 Å². The van der Waals surface area contributed by atoms with Crippen molar-refractivity contribution in [1.82, 2.24) is 0 Å². The Hall–Kier alpha value is -1.26. The third-order valence-electron chi connectivity index (χ3n) is 4.69. The number of rotatable bonds is 17. The average Bonchev–Trinajstić information content (AvgIpc) is 2.67. The molecular weight excluding hydrogens is 585 g/mol. The molecule has 0 aliphatic carbocycles. The molecule has 7 N–H and O–H groups in total. The predicted molar refractivity (Wildman–Crippen MR) is 123 cm³/mol. The van der Waals surface area contributed by atoms with Gasteiger partial charge in [0.2, 0.25) is 0 Å². The zero-order valence-electron chi connectivity index (χ0n) is 20.2. The first-order valence-electron chi connectivity index (χ1n) is 10.8. The van der Waals surface area contributed by atoms with E-state index in [1.165, 1.54) is 0 Å². The molecule has 3 unspecified atom stereocenters. The van der Waals surface area contributed by atoms with Gasteiger partial charge >= 0.3 is 40.7 Å². The molecule has 0 aromatic heterocycles. The number of hydrogen-bond acceptors (Lipinski definition) is 12. The van der Waals surface area contributed by atoms with Crippen LogP contribution in [0.2, 0.25) is 0 Å². The van der Waals surface area contributed by atoms with Crippen molar-refractivity contribution in [2.75, 3.05) is 31.7 Å². The molecule has 1 fully saturated rings. The van der Waals surface area contributed by atoms with E-state index in [1.807, 2.05) is 6.92 Å². The van der Waals surface area contributed by atoms with Gasteiger partial charge in [-0.15, -0.1) is 0 Å². The van der Waals surface area contributed by atoms with Crippen molar-refractivity contribution in [3.8, 4) is 0 Å². The second-order valence-corrected chi connectivity index (χ2v) is 13.8. The summed E-state index contributed by atoms with van der Waals surface area (Å²) in [6.07, 6.45) is -12.0. The molecule has 21 heteroatoms.